The van der Waals surface area contributed by atoms with Crippen LogP contribution in [0.5, 0.6) is 0 Å². The summed E-state index contributed by atoms with van der Waals surface area (Å²) in [5.41, 5.74) is 6.62. The molecular weight excluding hydrogens is 207 g/mol. The molecule has 1 aliphatic heterocycles. The number of ether oxygens (including phenoxy) is 1. The summed E-state index contributed by atoms with van der Waals surface area (Å²) in [7, 11) is 0. The van der Waals surface area contributed by atoms with Crippen molar-refractivity contribution >= 4 is 5.69 Å². The Morgan fingerprint density at radius 2 is 2.19 bits per heavy atom. The van der Waals surface area contributed by atoms with Crippen LogP contribution < -0.4 is 5.73 Å². The summed E-state index contributed by atoms with van der Waals surface area (Å²) in [6, 6.07) is 5.02. The van der Waals surface area contributed by atoms with E-state index in [0.29, 0.717) is 0 Å². The lowest BCUT2D eigenvalue weighted by molar-refractivity contribution is 0.140. The highest BCUT2D eigenvalue weighted by Gasteiger charge is 2.10. The van der Waals surface area contributed by atoms with Crippen molar-refractivity contribution in [3.8, 4) is 0 Å². The first kappa shape index (κ1) is 11.4. The average Bonchev–Trinajstić information content (AvgIpc) is 2.52. The Labute approximate surface area is 95.0 Å². The zero-order chi connectivity index (χ0) is 11.4. The number of nitrogens with two attached hydrogens (primary N) is 1. The molecule has 0 bridgehead atoms. The largest absolute Gasteiger partial charge is 0.396 e. The molecule has 1 fully saturated rings. The van der Waals surface area contributed by atoms with Crippen molar-refractivity contribution < 1.29 is 9.13 Å². The number of nitrogens with zero attached hydrogens (tertiary/aromatic N) is 1. The molecule has 1 aliphatic rings. The molecule has 1 aromatic rings. The Bertz CT molecular complexity index is 349. The number of hydrogen-bond acceptors (Lipinski definition) is 3. The van der Waals surface area contributed by atoms with E-state index in [1.54, 1.807) is 6.07 Å². The molecule has 3 nitrogen and oxygen atoms in total. The molecule has 2 rings (SSSR count). The smallest absolute Gasteiger partial charge is 0.146 e. The maximum atomic E-state index is 13.2. The number of benzene rings is 1. The van der Waals surface area contributed by atoms with E-state index in [-0.39, 0.29) is 11.5 Å². The predicted octanol–water partition coefficient (Wildman–Crippen LogP) is 1.63. The molecular formula is C12H17FN2O. The van der Waals surface area contributed by atoms with Crippen molar-refractivity contribution in [2.24, 2.45) is 0 Å². The third kappa shape index (κ3) is 2.93. The van der Waals surface area contributed by atoms with Gasteiger partial charge in [0.2, 0.25) is 0 Å². The van der Waals surface area contributed by atoms with Gasteiger partial charge in [0, 0.05) is 26.2 Å². The van der Waals surface area contributed by atoms with Crippen LogP contribution in [0.15, 0.2) is 18.2 Å². The van der Waals surface area contributed by atoms with E-state index in [4.69, 9.17) is 10.5 Å². The van der Waals surface area contributed by atoms with Gasteiger partial charge in [0.05, 0.1) is 12.3 Å². The lowest BCUT2D eigenvalue weighted by Gasteiger charge is -2.19. The standard InChI is InChI=1S/C12H17FN2O/c13-11-8-10(2-3-12(11)14)9-15-4-1-6-16-7-5-15/h2-3,8H,1,4-7,9,14H2. The Morgan fingerprint density at radius 1 is 1.31 bits per heavy atom. The van der Waals surface area contributed by atoms with E-state index in [2.05, 4.69) is 4.90 Å². The molecule has 1 aromatic carbocycles. The molecule has 0 amide bonds. The maximum absolute atomic E-state index is 13.2. The molecule has 1 saturated heterocycles. The normalized spacial score (nSPS) is 18.3. The van der Waals surface area contributed by atoms with Crippen LogP contribution >= 0.6 is 0 Å². The van der Waals surface area contributed by atoms with Gasteiger partial charge in [-0.05, 0) is 24.1 Å². The van der Waals surface area contributed by atoms with Crippen LogP contribution in [0.3, 0.4) is 0 Å². The van der Waals surface area contributed by atoms with Gasteiger partial charge in [-0.25, -0.2) is 4.39 Å². The van der Waals surface area contributed by atoms with E-state index in [1.165, 1.54) is 6.07 Å². The summed E-state index contributed by atoms with van der Waals surface area (Å²) in [4.78, 5) is 2.28. The number of hydrogen-bond donors (Lipinski definition) is 1. The van der Waals surface area contributed by atoms with E-state index in [9.17, 15) is 4.39 Å². The van der Waals surface area contributed by atoms with Crippen molar-refractivity contribution in [2.45, 2.75) is 13.0 Å². The zero-order valence-corrected chi connectivity index (χ0v) is 9.29. The molecule has 16 heavy (non-hydrogen) atoms. The SMILES string of the molecule is Nc1ccc(CN2CCCOCC2)cc1F. The molecule has 0 aliphatic carbocycles. The molecule has 0 radical (unpaired) electrons. The Hall–Kier alpha value is -1.13. The highest BCUT2D eigenvalue weighted by atomic mass is 19.1. The van der Waals surface area contributed by atoms with Crippen LogP contribution in [0.4, 0.5) is 10.1 Å². The Balaban J connectivity index is 1.99. The summed E-state index contributed by atoms with van der Waals surface area (Å²) >= 11 is 0. The monoisotopic (exact) mass is 224 g/mol. The van der Waals surface area contributed by atoms with Crippen LogP contribution in [0.1, 0.15) is 12.0 Å². The fourth-order valence-corrected chi connectivity index (χ4v) is 1.88. The minimum Gasteiger partial charge on any atom is -0.396 e. The van der Waals surface area contributed by atoms with Crippen molar-refractivity contribution in [2.75, 3.05) is 32.0 Å². The first-order valence-electron chi connectivity index (χ1n) is 5.60. The summed E-state index contributed by atoms with van der Waals surface area (Å²) in [6.07, 6.45) is 1.04. The molecule has 0 saturated carbocycles. The van der Waals surface area contributed by atoms with Crippen molar-refractivity contribution in [3.63, 3.8) is 0 Å². The third-order valence-electron chi connectivity index (χ3n) is 2.79. The molecule has 0 spiro atoms. The van der Waals surface area contributed by atoms with Gasteiger partial charge >= 0.3 is 0 Å². The second kappa shape index (κ2) is 5.27. The molecule has 0 aromatic heterocycles. The minimum atomic E-state index is -0.330. The molecule has 2 N–H and O–H groups in total. The van der Waals surface area contributed by atoms with Crippen LogP contribution in [-0.2, 0) is 11.3 Å². The van der Waals surface area contributed by atoms with Crippen LogP contribution in [-0.4, -0.2) is 31.2 Å². The van der Waals surface area contributed by atoms with E-state index in [0.717, 1.165) is 44.8 Å². The van der Waals surface area contributed by atoms with Crippen LogP contribution in [0.25, 0.3) is 0 Å². The zero-order valence-electron chi connectivity index (χ0n) is 9.29. The molecule has 0 atom stereocenters. The summed E-state index contributed by atoms with van der Waals surface area (Å²) < 4.78 is 18.6. The number of halogens is 1. The van der Waals surface area contributed by atoms with Gasteiger partial charge in [0.1, 0.15) is 5.82 Å². The van der Waals surface area contributed by atoms with Gasteiger partial charge in [-0.2, -0.15) is 0 Å². The number of nitrogen functional groups attached to an aromatic ring is 1. The molecule has 4 heteroatoms. The highest BCUT2D eigenvalue weighted by molar-refractivity contribution is 5.41. The van der Waals surface area contributed by atoms with Gasteiger partial charge in [0.25, 0.3) is 0 Å². The Morgan fingerprint density at radius 3 is 3.00 bits per heavy atom. The van der Waals surface area contributed by atoms with Gasteiger partial charge in [-0.1, -0.05) is 6.07 Å². The predicted molar refractivity (Wildman–Crippen MR) is 61.5 cm³/mol. The quantitative estimate of drug-likeness (QED) is 0.776. The van der Waals surface area contributed by atoms with Crippen molar-refractivity contribution in [1.82, 2.24) is 4.90 Å². The molecule has 0 unspecified atom stereocenters. The van der Waals surface area contributed by atoms with Crippen molar-refractivity contribution in [3.05, 3.63) is 29.6 Å². The summed E-state index contributed by atoms with van der Waals surface area (Å²) in [5, 5.41) is 0. The van der Waals surface area contributed by atoms with Gasteiger partial charge in [-0.3, -0.25) is 4.90 Å². The molecule has 1 heterocycles. The average molecular weight is 224 g/mol. The van der Waals surface area contributed by atoms with Gasteiger partial charge in [-0.15, -0.1) is 0 Å². The fourth-order valence-electron chi connectivity index (χ4n) is 1.88. The summed E-state index contributed by atoms with van der Waals surface area (Å²) in [5.74, 6) is -0.330. The van der Waals surface area contributed by atoms with Crippen LogP contribution in [0.2, 0.25) is 0 Å². The maximum Gasteiger partial charge on any atom is 0.146 e. The van der Waals surface area contributed by atoms with Gasteiger partial charge in [0.15, 0.2) is 0 Å². The first-order chi connectivity index (χ1) is 7.75. The van der Waals surface area contributed by atoms with Gasteiger partial charge < -0.3 is 10.5 Å². The number of anilines is 1. The highest BCUT2D eigenvalue weighted by Crippen LogP contribution is 2.14. The second-order valence-electron chi connectivity index (χ2n) is 4.10. The van der Waals surface area contributed by atoms with Crippen LogP contribution in [0, 0.1) is 5.82 Å². The minimum absolute atomic E-state index is 0.211. The van der Waals surface area contributed by atoms with Crippen molar-refractivity contribution in [1.29, 1.82) is 0 Å². The van der Waals surface area contributed by atoms with E-state index < -0.39 is 0 Å². The lowest BCUT2D eigenvalue weighted by Crippen LogP contribution is -2.25. The number of rotatable bonds is 2. The van der Waals surface area contributed by atoms with E-state index in [1.807, 2.05) is 6.07 Å². The molecule has 88 valence electrons. The van der Waals surface area contributed by atoms with E-state index >= 15 is 0 Å². The second-order valence-corrected chi connectivity index (χ2v) is 4.10. The summed E-state index contributed by atoms with van der Waals surface area (Å²) in [6.45, 7) is 4.27. The first-order valence-corrected chi connectivity index (χ1v) is 5.60. The Kier molecular flexibility index (Phi) is 3.74. The third-order valence-corrected chi connectivity index (χ3v) is 2.79. The fraction of sp³-hybridized carbons (Fsp3) is 0.500. The topological polar surface area (TPSA) is 38.5 Å². The lowest BCUT2D eigenvalue weighted by atomic mass is 10.2.